The quantitative estimate of drug-likeness (QED) is 0.684. The van der Waals surface area contributed by atoms with Crippen molar-refractivity contribution in [3.05, 3.63) is 29.8 Å². The van der Waals surface area contributed by atoms with Gasteiger partial charge in [-0.2, -0.15) is 0 Å². The summed E-state index contributed by atoms with van der Waals surface area (Å²) in [6, 6.07) is 7.75. The number of ether oxygens (including phenoxy) is 3. The van der Waals surface area contributed by atoms with E-state index in [9.17, 15) is 4.79 Å². The second-order valence-corrected chi connectivity index (χ2v) is 7.64. The first-order valence-electron chi connectivity index (χ1n) is 9.97. The zero-order valence-electron chi connectivity index (χ0n) is 16.7. The summed E-state index contributed by atoms with van der Waals surface area (Å²) < 4.78 is 16.5. The molecule has 0 N–H and O–H groups in total. The van der Waals surface area contributed by atoms with Gasteiger partial charge < -0.3 is 19.1 Å². The molecule has 0 spiro atoms. The molecule has 0 saturated carbocycles. The van der Waals surface area contributed by atoms with Gasteiger partial charge in [-0.1, -0.05) is 6.07 Å². The second kappa shape index (κ2) is 9.53. The summed E-state index contributed by atoms with van der Waals surface area (Å²) in [4.78, 5) is 17.6. The predicted octanol–water partition coefficient (Wildman–Crippen LogP) is 2.43. The summed E-state index contributed by atoms with van der Waals surface area (Å²) in [6.07, 6.45) is 2.63. The van der Waals surface area contributed by atoms with Gasteiger partial charge in [0, 0.05) is 44.9 Å². The van der Waals surface area contributed by atoms with Gasteiger partial charge >= 0.3 is 0 Å². The Bertz CT molecular complexity index is 614. The van der Waals surface area contributed by atoms with Crippen molar-refractivity contribution in [3.63, 3.8) is 0 Å². The summed E-state index contributed by atoms with van der Waals surface area (Å²) in [5.74, 6) is 0.813. The molecular formula is C21H32N2O4. The molecule has 1 aromatic rings. The molecule has 27 heavy (non-hydrogen) atoms. The Kier molecular flexibility index (Phi) is 7.10. The van der Waals surface area contributed by atoms with Gasteiger partial charge in [0.1, 0.15) is 12.4 Å². The van der Waals surface area contributed by atoms with E-state index in [-0.39, 0.29) is 24.2 Å². The van der Waals surface area contributed by atoms with Crippen LogP contribution in [0, 0.1) is 0 Å². The molecule has 150 valence electrons. The Morgan fingerprint density at radius 2 is 2.00 bits per heavy atom. The lowest BCUT2D eigenvalue weighted by atomic mass is 10.1. The first-order valence-corrected chi connectivity index (χ1v) is 9.97. The molecule has 0 aromatic heterocycles. The number of amides is 1. The van der Waals surface area contributed by atoms with E-state index in [1.165, 1.54) is 0 Å². The highest BCUT2D eigenvalue weighted by Crippen LogP contribution is 2.24. The molecule has 1 amide bonds. The zero-order valence-corrected chi connectivity index (χ0v) is 16.7. The van der Waals surface area contributed by atoms with Gasteiger partial charge in [-0.25, -0.2) is 0 Å². The van der Waals surface area contributed by atoms with Crippen molar-refractivity contribution in [2.24, 2.45) is 0 Å². The van der Waals surface area contributed by atoms with Gasteiger partial charge in [0.05, 0.1) is 18.8 Å². The van der Waals surface area contributed by atoms with Crippen LogP contribution in [0.15, 0.2) is 24.3 Å². The van der Waals surface area contributed by atoms with Crippen LogP contribution >= 0.6 is 0 Å². The van der Waals surface area contributed by atoms with Gasteiger partial charge in [-0.15, -0.1) is 0 Å². The van der Waals surface area contributed by atoms with Crippen molar-refractivity contribution < 1.29 is 19.0 Å². The first-order chi connectivity index (χ1) is 13.1. The van der Waals surface area contributed by atoms with Crippen LogP contribution in [0.3, 0.4) is 0 Å². The molecule has 2 saturated heterocycles. The fourth-order valence-corrected chi connectivity index (χ4v) is 4.15. The number of hydrogen-bond acceptors (Lipinski definition) is 5. The second-order valence-electron chi connectivity index (χ2n) is 7.64. The highest BCUT2D eigenvalue weighted by Gasteiger charge is 2.33. The molecule has 6 nitrogen and oxygen atoms in total. The molecule has 0 bridgehead atoms. The van der Waals surface area contributed by atoms with E-state index in [1.807, 2.05) is 29.2 Å². The van der Waals surface area contributed by atoms with E-state index < -0.39 is 0 Å². The van der Waals surface area contributed by atoms with Crippen molar-refractivity contribution in [1.82, 2.24) is 9.80 Å². The molecule has 0 radical (unpaired) electrons. The van der Waals surface area contributed by atoms with Crippen LogP contribution in [-0.2, 0) is 9.47 Å². The third-order valence-corrected chi connectivity index (χ3v) is 5.24. The maximum atomic E-state index is 13.1. The van der Waals surface area contributed by atoms with Crippen LogP contribution in [-0.4, -0.2) is 80.5 Å². The van der Waals surface area contributed by atoms with E-state index in [1.54, 1.807) is 7.11 Å². The topological polar surface area (TPSA) is 51.2 Å². The maximum absolute atomic E-state index is 13.1. The number of carbonyl (C=O) groups is 1. The molecule has 2 aliphatic heterocycles. The van der Waals surface area contributed by atoms with Gasteiger partial charge in [-0.05, 0) is 44.9 Å². The molecule has 3 atom stereocenters. The van der Waals surface area contributed by atoms with Crippen molar-refractivity contribution in [2.45, 2.75) is 44.9 Å². The molecule has 2 aliphatic rings. The Morgan fingerprint density at radius 3 is 2.74 bits per heavy atom. The van der Waals surface area contributed by atoms with E-state index in [0.717, 1.165) is 39.0 Å². The molecule has 1 aromatic carbocycles. The van der Waals surface area contributed by atoms with E-state index in [2.05, 4.69) is 18.7 Å². The van der Waals surface area contributed by atoms with Gasteiger partial charge in [0.25, 0.3) is 5.91 Å². The van der Waals surface area contributed by atoms with Crippen molar-refractivity contribution in [1.29, 1.82) is 0 Å². The lowest BCUT2D eigenvalue weighted by molar-refractivity contribution is -0.0715. The summed E-state index contributed by atoms with van der Waals surface area (Å²) >= 11 is 0. The van der Waals surface area contributed by atoms with Gasteiger partial charge in [0.2, 0.25) is 0 Å². The first kappa shape index (κ1) is 20.1. The lowest BCUT2D eigenvalue weighted by Crippen LogP contribution is -2.50. The predicted molar refractivity (Wildman–Crippen MR) is 104 cm³/mol. The molecule has 3 rings (SSSR count). The largest absolute Gasteiger partial charge is 0.491 e. The molecule has 0 aliphatic carbocycles. The van der Waals surface area contributed by atoms with Gasteiger partial charge in [-0.3, -0.25) is 9.69 Å². The minimum absolute atomic E-state index is 0.101. The summed E-state index contributed by atoms with van der Waals surface area (Å²) in [5, 5.41) is 0. The van der Waals surface area contributed by atoms with Crippen LogP contribution in [0.4, 0.5) is 0 Å². The fourth-order valence-electron chi connectivity index (χ4n) is 4.15. The maximum Gasteiger partial charge on any atom is 0.254 e. The van der Waals surface area contributed by atoms with Crippen molar-refractivity contribution >= 4 is 5.91 Å². The molecule has 6 heteroatoms. The lowest BCUT2D eigenvalue weighted by Gasteiger charge is -2.38. The van der Waals surface area contributed by atoms with E-state index in [4.69, 9.17) is 14.2 Å². The third kappa shape index (κ3) is 5.43. The standard InChI is InChI=1S/C21H32N2O4/c1-16-13-22(14-17(2)27-16)15-19-7-5-9-23(19)21(24)18-6-4-8-20(12-18)26-11-10-25-3/h4,6,8,12,16-17,19H,5,7,9-11,13-15H2,1-3H3. The Labute approximate surface area is 162 Å². The number of nitrogens with zero attached hydrogens (tertiary/aromatic N) is 2. The number of likely N-dealkylation sites (tertiary alicyclic amines) is 1. The summed E-state index contributed by atoms with van der Waals surface area (Å²) in [5.41, 5.74) is 0.695. The van der Waals surface area contributed by atoms with E-state index >= 15 is 0 Å². The van der Waals surface area contributed by atoms with Crippen LogP contribution in [0.5, 0.6) is 5.75 Å². The SMILES string of the molecule is COCCOc1cccc(C(=O)N2CCCC2CN2CC(C)OC(C)C2)c1. The van der Waals surface area contributed by atoms with Crippen molar-refractivity contribution in [2.75, 3.05) is 46.5 Å². The Hall–Kier alpha value is -1.63. The molecular weight excluding hydrogens is 344 g/mol. The highest BCUT2D eigenvalue weighted by atomic mass is 16.5. The average molecular weight is 376 g/mol. The summed E-state index contributed by atoms with van der Waals surface area (Å²) in [7, 11) is 1.65. The van der Waals surface area contributed by atoms with Crippen LogP contribution in [0.2, 0.25) is 0 Å². The Balaban J connectivity index is 1.62. The number of carbonyl (C=O) groups excluding carboxylic acids is 1. The normalized spacial score (nSPS) is 26.3. The number of benzene rings is 1. The summed E-state index contributed by atoms with van der Waals surface area (Å²) in [6.45, 7) is 8.88. The molecule has 3 unspecified atom stereocenters. The number of rotatable bonds is 7. The van der Waals surface area contributed by atoms with Crippen molar-refractivity contribution in [3.8, 4) is 5.75 Å². The third-order valence-electron chi connectivity index (χ3n) is 5.24. The van der Waals surface area contributed by atoms with E-state index in [0.29, 0.717) is 24.5 Å². The zero-order chi connectivity index (χ0) is 19.2. The number of methoxy groups -OCH3 is 1. The van der Waals surface area contributed by atoms with Crippen LogP contribution < -0.4 is 4.74 Å². The number of hydrogen-bond donors (Lipinski definition) is 0. The van der Waals surface area contributed by atoms with Crippen LogP contribution in [0.25, 0.3) is 0 Å². The smallest absolute Gasteiger partial charge is 0.254 e. The van der Waals surface area contributed by atoms with Crippen LogP contribution in [0.1, 0.15) is 37.0 Å². The highest BCUT2D eigenvalue weighted by molar-refractivity contribution is 5.95. The average Bonchev–Trinajstić information content (AvgIpc) is 3.09. The molecule has 2 heterocycles. The fraction of sp³-hybridized carbons (Fsp3) is 0.667. The monoisotopic (exact) mass is 376 g/mol. The Morgan fingerprint density at radius 1 is 1.22 bits per heavy atom. The molecule has 2 fully saturated rings. The van der Waals surface area contributed by atoms with Gasteiger partial charge in [0.15, 0.2) is 0 Å². The number of morpholine rings is 1. The minimum Gasteiger partial charge on any atom is -0.491 e. The minimum atomic E-state index is 0.101.